The van der Waals surface area contributed by atoms with E-state index in [-0.39, 0.29) is 66.1 Å². The van der Waals surface area contributed by atoms with E-state index < -0.39 is 24.4 Å². The van der Waals surface area contributed by atoms with Crippen LogP contribution in [-0.2, 0) is 37.9 Å². The summed E-state index contributed by atoms with van der Waals surface area (Å²) in [4.78, 5) is 0. The molecule has 254 valence electrons. The molecule has 0 aromatic carbocycles. The number of unbranched alkanes of at least 4 members (excludes halogenated alkanes) is 1. The summed E-state index contributed by atoms with van der Waals surface area (Å²) in [5.74, 6) is 0. The fourth-order valence-corrected chi connectivity index (χ4v) is 2.43. The zero-order chi connectivity index (χ0) is 30.7. The van der Waals surface area contributed by atoms with Crippen molar-refractivity contribution in [1.29, 1.82) is 0 Å². The Bertz CT molecular complexity index is 418. The Morgan fingerprint density at radius 2 is 0.682 bits per heavy atom. The Labute approximate surface area is 240 Å². The molecule has 0 spiro atoms. The van der Waals surface area contributed by atoms with Crippen LogP contribution in [0.15, 0.2) is 0 Å². The molecule has 0 amide bonds. The minimum absolute atomic E-state index is 0. The molecule has 4 atom stereocenters. The molecule has 0 aromatic rings. The zero-order valence-corrected chi connectivity index (χ0v) is 52.2. The topological polar surface area (TPSA) is 195 Å². The predicted octanol–water partition coefficient (Wildman–Crippen LogP) is -0.753. The smallest absolute Gasteiger partial charge is 0.0976 e. The number of aliphatic hydroxyl groups is 6. The molecule has 0 rings (SSSR count). The van der Waals surface area contributed by atoms with E-state index >= 15 is 0 Å². The summed E-state index contributed by atoms with van der Waals surface area (Å²) in [5.41, 5.74) is 0. The van der Waals surface area contributed by atoms with Gasteiger partial charge in [-0.2, -0.15) is 0 Å². The van der Waals surface area contributed by atoms with Gasteiger partial charge >= 0.3 is 0 Å². The van der Waals surface area contributed by atoms with Gasteiger partial charge in [-0.3, -0.25) is 0 Å². The van der Waals surface area contributed by atoms with E-state index in [1.165, 1.54) is 0 Å². The number of hydrogen-bond donors (Lipinski definition) is 6. The third-order valence-electron chi connectivity index (χ3n) is 4.35. The molecule has 0 bridgehead atoms. The van der Waals surface area contributed by atoms with Gasteiger partial charge in [-0.15, -0.1) is 0 Å². The second-order valence-electron chi connectivity index (χ2n) is 8.20. The molecule has 0 heterocycles. The standard InChI is InChI=1S/C14H28O6.2C6H13O4.4Rf/c1-17-11-13(15)5-9-19-7-3-4-8-20-10-6-14(16)12-18-2;2*1-9-4-6(8)5-10-3-2-7;;;;/h13-16H,1-12H2;2*6-8H,1-5H2;;;;/q-2;2*-1;;;;. The molecule has 0 aliphatic rings. The van der Waals surface area contributed by atoms with E-state index in [1.54, 1.807) is 0 Å². The Morgan fingerprint density at radius 3 is 0.955 bits per heavy atom. The average molecular weight is 1660 g/mol. The molecular formula is C26H54O14Rf4-4. The molecule has 18 heteroatoms. The molecule has 0 radical (unpaired) electrons. The quantitative estimate of drug-likeness (QED) is 0.0445. The van der Waals surface area contributed by atoms with Gasteiger partial charge in [-0.1, -0.05) is 0 Å². The van der Waals surface area contributed by atoms with Crippen molar-refractivity contribution in [2.75, 3.05) is 92.5 Å². The van der Waals surface area contributed by atoms with Crippen LogP contribution in [0, 0.1) is 28.4 Å². The summed E-state index contributed by atoms with van der Waals surface area (Å²) < 4.78 is 38.2. The fourth-order valence-electron chi connectivity index (χ4n) is 2.43. The molecule has 0 saturated carbocycles. The second-order valence-corrected chi connectivity index (χ2v) is 8.20. The molecule has 0 fully saturated rings. The van der Waals surface area contributed by atoms with Crippen molar-refractivity contribution in [3.63, 3.8) is 0 Å². The van der Waals surface area contributed by atoms with Crippen LogP contribution in [-0.4, -0.2) is 148 Å². The van der Waals surface area contributed by atoms with Crippen LogP contribution in [0.1, 0.15) is 25.7 Å². The van der Waals surface area contributed by atoms with Gasteiger partial charge in [0, 0.05) is 52.9 Å². The monoisotopic (exact) mass is 1660 g/mol. The molecular weight excluding hydrogens is 1600 g/mol. The van der Waals surface area contributed by atoms with Gasteiger partial charge in [0.15, 0.2) is 0 Å². The van der Waals surface area contributed by atoms with Crippen LogP contribution in [0.2, 0.25) is 0 Å². The Hall–Kier alpha value is -4.56. The normalized spacial score (nSPS) is 12.7. The van der Waals surface area contributed by atoms with E-state index in [0.29, 0.717) is 39.3 Å². The average Bonchev–Trinajstić information content (AvgIpc) is 2.91. The van der Waals surface area contributed by atoms with Crippen molar-refractivity contribution in [2.45, 2.75) is 50.1 Å². The van der Waals surface area contributed by atoms with Gasteiger partial charge in [0.1, 0.15) is 0 Å². The third-order valence-corrected chi connectivity index (χ3v) is 4.35. The van der Waals surface area contributed by atoms with Crippen molar-refractivity contribution in [3.8, 4) is 0 Å². The first-order chi connectivity index (χ1) is 19.3. The first-order valence-electron chi connectivity index (χ1n) is 13.1. The molecule has 0 aliphatic carbocycles. The summed E-state index contributed by atoms with van der Waals surface area (Å²) in [6.07, 6.45) is 0.609. The maximum absolute atomic E-state index is 9.33. The van der Waals surface area contributed by atoms with Gasteiger partial charge in [-0.05, 0) is 25.7 Å². The van der Waals surface area contributed by atoms with Crippen molar-refractivity contribution < 1.29 is 68.5 Å². The van der Waals surface area contributed by atoms with Crippen molar-refractivity contribution in [3.05, 3.63) is 28.4 Å². The third kappa shape index (κ3) is 53.7. The first-order valence-corrected chi connectivity index (χ1v) is 13.1. The van der Waals surface area contributed by atoms with Gasteiger partial charge in [0.25, 0.3) is 0 Å². The van der Waals surface area contributed by atoms with E-state index in [9.17, 15) is 10.2 Å². The Kier molecular flexibility index (Phi) is 60.6. The molecule has 4 unspecified atom stereocenters. The molecule has 0 saturated heterocycles. The van der Waals surface area contributed by atoms with Gasteiger partial charge in [0.2, 0.25) is 0 Å². The summed E-state index contributed by atoms with van der Waals surface area (Å²) in [6.45, 7) is 3.91. The first kappa shape index (κ1) is 55.4. The number of rotatable bonds is 27. The largest absolute Gasteiger partial charge is 0.553 e. The molecule has 0 aromatic heterocycles. The van der Waals surface area contributed by atoms with Crippen LogP contribution < -0.4 is 0 Å². The van der Waals surface area contributed by atoms with Crippen LogP contribution in [0.5, 0.6) is 0 Å². The van der Waals surface area contributed by atoms with Gasteiger partial charge < -0.3 is 68.5 Å². The number of ether oxygens (including phenoxy) is 8. The van der Waals surface area contributed by atoms with E-state index in [0.717, 1.165) is 12.8 Å². The van der Waals surface area contributed by atoms with Crippen molar-refractivity contribution in [1.82, 2.24) is 0 Å². The maximum Gasteiger partial charge on any atom is 0.0976 e. The minimum Gasteiger partial charge on any atom is -0.553 e. The van der Waals surface area contributed by atoms with E-state index in [1.807, 2.05) is 0 Å². The van der Waals surface area contributed by atoms with E-state index in [2.05, 4.69) is 47.4 Å². The Morgan fingerprint density at radius 1 is 0.386 bits per heavy atom. The summed E-state index contributed by atoms with van der Waals surface area (Å²) in [7, 11) is 12.6. The summed E-state index contributed by atoms with van der Waals surface area (Å²) in [6, 6.07) is 0. The zero-order valence-electron chi connectivity index (χ0n) is 26.6. The van der Waals surface area contributed by atoms with Crippen LogP contribution in [0.4, 0.5) is 0 Å². The van der Waals surface area contributed by atoms with Crippen LogP contribution >= 0.6 is 0 Å². The second kappa shape index (κ2) is 48.2. The molecule has 6 N–H and O–H groups in total. The van der Waals surface area contributed by atoms with E-state index in [4.69, 9.17) is 39.4 Å². The van der Waals surface area contributed by atoms with Gasteiger partial charge in [0.05, 0.1) is 64.1 Å². The number of hydrogen-bond acceptors (Lipinski definition) is 14. The SMILES string of the molecule is [CH2-]OCC(O)CCOCCCCOCCC(O)CO[CH2-].[CH2-]OCC(O)COCCO.[CH2-]OCC(O)COCCO.[Rf].[Rf].[Rf].[Rf]. The summed E-state index contributed by atoms with van der Waals surface area (Å²) >= 11 is 0. The summed E-state index contributed by atoms with van der Waals surface area (Å²) in [5, 5.41) is 53.0. The molecule has 44 heavy (non-hydrogen) atoms. The van der Waals surface area contributed by atoms with Gasteiger partial charge in [-0.25, -0.2) is 28.4 Å². The Balaban J connectivity index is -0.0000000978. The van der Waals surface area contributed by atoms with Crippen LogP contribution in [0.3, 0.4) is 0 Å². The fraction of sp³-hybridized carbons (Fsp3) is 0.846. The molecule has 0 aliphatic heterocycles. The predicted molar refractivity (Wildman–Crippen MR) is 145 cm³/mol. The maximum atomic E-state index is 9.33. The van der Waals surface area contributed by atoms with Crippen LogP contribution in [0.25, 0.3) is 0 Å². The van der Waals surface area contributed by atoms with Crippen molar-refractivity contribution >= 4 is 0 Å². The van der Waals surface area contributed by atoms with Crippen molar-refractivity contribution in [2.24, 2.45) is 0 Å². The number of aliphatic hydroxyl groups excluding tert-OH is 6. The minimum atomic E-state index is -0.649. The molecule has 14 nitrogen and oxygen atoms in total.